The molecule has 0 aliphatic carbocycles. The minimum atomic E-state index is -3.50. The number of aromatic nitrogens is 2. The SMILES string of the molecule is CNS(=O)(=O)c1ccc(/C=C/C(=O)Nc2nc(-c3c[nH]c(C(N)=O)c3)cs2)cc1. The van der Waals surface area contributed by atoms with Gasteiger partial charge in [0.2, 0.25) is 15.9 Å². The number of thiazole rings is 1. The molecule has 0 aliphatic rings. The Morgan fingerprint density at radius 1 is 1.24 bits per heavy atom. The first kappa shape index (κ1) is 20.5. The van der Waals surface area contributed by atoms with Crippen molar-refractivity contribution in [3.05, 3.63) is 59.2 Å². The summed E-state index contributed by atoms with van der Waals surface area (Å²) < 4.78 is 25.6. The van der Waals surface area contributed by atoms with Crippen LogP contribution in [0, 0.1) is 0 Å². The van der Waals surface area contributed by atoms with Gasteiger partial charge in [-0.05, 0) is 36.9 Å². The second-order valence-electron chi connectivity index (χ2n) is 5.80. The Morgan fingerprint density at radius 3 is 2.59 bits per heavy atom. The van der Waals surface area contributed by atoms with Gasteiger partial charge in [-0.1, -0.05) is 12.1 Å². The molecule has 0 aliphatic heterocycles. The summed E-state index contributed by atoms with van der Waals surface area (Å²) in [6.07, 6.45) is 4.49. The highest BCUT2D eigenvalue weighted by Crippen LogP contribution is 2.25. The van der Waals surface area contributed by atoms with Crippen molar-refractivity contribution in [1.82, 2.24) is 14.7 Å². The van der Waals surface area contributed by atoms with Gasteiger partial charge < -0.3 is 10.7 Å². The van der Waals surface area contributed by atoms with E-state index in [0.29, 0.717) is 22.0 Å². The molecule has 0 saturated carbocycles. The molecule has 0 spiro atoms. The lowest BCUT2D eigenvalue weighted by Gasteiger charge is -2.02. The topological polar surface area (TPSA) is 147 Å². The summed E-state index contributed by atoms with van der Waals surface area (Å²) in [4.78, 5) is 30.4. The summed E-state index contributed by atoms with van der Waals surface area (Å²) in [5.74, 6) is -0.952. The number of anilines is 1. The van der Waals surface area contributed by atoms with Crippen LogP contribution >= 0.6 is 11.3 Å². The number of nitrogens with zero attached hydrogens (tertiary/aromatic N) is 1. The van der Waals surface area contributed by atoms with Crippen LogP contribution in [0.15, 0.2) is 52.9 Å². The molecule has 0 saturated heterocycles. The van der Waals surface area contributed by atoms with Crippen molar-refractivity contribution in [1.29, 1.82) is 0 Å². The smallest absolute Gasteiger partial charge is 0.265 e. The van der Waals surface area contributed by atoms with Crippen LogP contribution in [0.3, 0.4) is 0 Å². The molecule has 2 amide bonds. The lowest BCUT2D eigenvalue weighted by Crippen LogP contribution is -2.18. The molecule has 0 atom stereocenters. The van der Waals surface area contributed by atoms with Crippen molar-refractivity contribution in [3.63, 3.8) is 0 Å². The molecule has 9 nitrogen and oxygen atoms in total. The van der Waals surface area contributed by atoms with Crippen molar-refractivity contribution in [2.45, 2.75) is 4.90 Å². The Balaban J connectivity index is 1.63. The van der Waals surface area contributed by atoms with E-state index >= 15 is 0 Å². The minimum absolute atomic E-state index is 0.140. The normalized spacial score (nSPS) is 11.6. The van der Waals surface area contributed by atoms with Gasteiger partial charge in [-0.15, -0.1) is 11.3 Å². The van der Waals surface area contributed by atoms with Gasteiger partial charge in [-0.2, -0.15) is 0 Å². The van der Waals surface area contributed by atoms with Crippen LogP contribution in [-0.2, 0) is 14.8 Å². The molecule has 1 aromatic carbocycles. The molecule has 2 heterocycles. The summed E-state index contributed by atoms with van der Waals surface area (Å²) in [7, 11) is -2.16. The van der Waals surface area contributed by atoms with Gasteiger partial charge in [0, 0.05) is 23.2 Å². The molecule has 150 valence electrons. The summed E-state index contributed by atoms with van der Waals surface area (Å²) in [6.45, 7) is 0. The Labute approximate surface area is 170 Å². The largest absolute Gasteiger partial charge is 0.364 e. The number of nitrogens with two attached hydrogens (primary N) is 1. The van der Waals surface area contributed by atoms with Gasteiger partial charge in [-0.25, -0.2) is 18.1 Å². The number of sulfonamides is 1. The van der Waals surface area contributed by atoms with Gasteiger partial charge >= 0.3 is 0 Å². The molecule has 0 unspecified atom stereocenters. The number of hydrogen-bond donors (Lipinski definition) is 4. The number of nitrogens with one attached hydrogen (secondary N) is 3. The lowest BCUT2D eigenvalue weighted by molar-refractivity contribution is -0.111. The standard InChI is InChI=1S/C18H17N5O4S2/c1-20-29(26,27)13-5-2-11(3-6-13)4-7-16(24)23-18-22-15(10-28-18)12-8-14(17(19)25)21-9-12/h2-10,20-21H,1H3,(H2,19,25)(H,22,23,24)/b7-4+. The summed E-state index contributed by atoms with van der Waals surface area (Å²) in [5, 5.41) is 4.79. The monoisotopic (exact) mass is 431 g/mol. The number of aromatic amines is 1. The van der Waals surface area contributed by atoms with E-state index in [1.807, 2.05) is 0 Å². The van der Waals surface area contributed by atoms with Crippen LogP contribution in [0.2, 0.25) is 0 Å². The number of benzene rings is 1. The molecule has 11 heteroatoms. The maximum absolute atomic E-state index is 12.1. The zero-order valence-electron chi connectivity index (χ0n) is 15.2. The van der Waals surface area contributed by atoms with E-state index in [2.05, 4.69) is 20.0 Å². The Morgan fingerprint density at radius 2 is 1.97 bits per heavy atom. The highest BCUT2D eigenvalue weighted by Gasteiger charge is 2.11. The molecule has 29 heavy (non-hydrogen) atoms. The third kappa shape index (κ3) is 4.96. The third-order valence-electron chi connectivity index (χ3n) is 3.86. The Kier molecular flexibility index (Phi) is 5.92. The maximum Gasteiger partial charge on any atom is 0.265 e. The fraction of sp³-hybridized carbons (Fsp3) is 0.0556. The number of carbonyl (C=O) groups is 2. The van der Waals surface area contributed by atoms with Crippen molar-refractivity contribution >= 4 is 44.4 Å². The van der Waals surface area contributed by atoms with Crippen LogP contribution in [-0.4, -0.2) is 37.2 Å². The van der Waals surface area contributed by atoms with Gasteiger partial charge in [0.15, 0.2) is 5.13 Å². The lowest BCUT2D eigenvalue weighted by atomic mass is 10.2. The molecular weight excluding hydrogens is 414 g/mol. The number of amides is 2. The van der Waals surface area contributed by atoms with E-state index in [1.54, 1.807) is 35.9 Å². The highest BCUT2D eigenvalue weighted by atomic mass is 32.2. The summed E-state index contributed by atoms with van der Waals surface area (Å²) >= 11 is 1.24. The second-order valence-corrected chi connectivity index (χ2v) is 8.55. The van der Waals surface area contributed by atoms with E-state index in [1.165, 1.54) is 36.6 Å². The van der Waals surface area contributed by atoms with Crippen LogP contribution in [0.25, 0.3) is 17.3 Å². The van der Waals surface area contributed by atoms with Gasteiger partial charge in [0.05, 0.1) is 10.6 Å². The van der Waals surface area contributed by atoms with Crippen LogP contribution in [0.4, 0.5) is 5.13 Å². The fourth-order valence-corrected chi connectivity index (χ4v) is 3.80. The number of H-pyrrole nitrogens is 1. The molecule has 5 N–H and O–H groups in total. The molecule has 0 fully saturated rings. The molecule has 0 radical (unpaired) electrons. The van der Waals surface area contributed by atoms with Gasteiger partial charge in [0.1, 0.15) is 5.69 Å². The van der Waals surface area contributed by atoms with Crippen molar-refractivity contribution in [2.75, 3.05) is 12.4 Å². The quantitative estimate of drug-likeness (QED) is 0.421. The average Bonchev–Trinajstić information content (AvgIpc) is 3.36. The third-order valence-corrected chi connectivity index (χ3v) is 6.05. The van der Waals surface area contributed by atoms with Crippen molar-refractivity contribution in [2.24, 2.45) is 5.73 Å². The van der Waals surface area contributed by atoms with Crippen molar-refractivity contribution < 1.29 is 18.0 Å². The molecule has 3 rings (SSSR count). The average molecular weight is 431 g/mol. The maximum atomic E-state index is 12.1. The number of rotatable bonds is 7. The van der Waals surface area contributed by atoms with E-state index in [4.69, 9.17) is 5.73 Å². The zero-order valence-corrected chi connectivity index (χ0v) is 16.8. The number of primary amides is 1. The van der Waals surface area contributed by atoms with E-state index in [0.717, 1.165) is 0 Å². The zero-order chi connectivity index (χ0) is 21.0. The minimum Gasteiger partial charge on any atom is -0.364 e. The molecule has 0 bridgehead atoms. The van der Waals surface area contributed by atoms with Gasteiger partial charge in [-0.3, -0.25) is 14.9 Å². The summed E-state index contributed by atoms with van der Waals surface area (Å²) in [5.41, 5.74) is 7.43. The number of hydrogen-bond acceptors (Lipinski definition) is 6. The first-order valence-corrected chi connectivity index (χ1v) is 10.6. The highest BCUT2D eigenvalue weighted by molar-refractivity contribution is 7.89. The van der Waals surface area contributed by atoms with Crippen LogP contribution < -0.4 is 15.8 Å². The van der Waals surface area contributed by atoms with E-state index < -0.39 is 15.9 Å². The van der Waals surface area contributed by atoms with Crippen LogP contribution in [0.1, 0.15) is 16.1 Å². The Hall–Kier alpha value is -3.28. The first-order chi connectivity index (χ1) is 13.8. The van der Waals surface area contributed by atoms with E-state index in [9.17, 15) is 18.0 Å². The molecule has 3 aromatic rings. The predicted molar refractivity (Wildman–Crippen MR) is 111 cm³/mol. The van der Waals surface area contributed by atoms with Gasteiger partial charge in [0.25, 0.3) is 5.91 Å². The van der Waals surface area contributed by atoms with E-state index in [-0.39, 0.29) is 16.5 Å². The predicted octanol–water partition coefficient (Wildman–Crippen LogP) is 1.80. The first-order valence-electron chi connectivity index (χ1n) is 8.25. The summed E-state index contributed by atoms with van der Waals surface area (Å²) in [6, 6.07) is 7.68. The van der Waals surface area contributed by atoms with Crippen molar-refractivity contribution in [3.8, 4) is 11.3 Å². The fourth-order valence-electron chi connectivity index (χ4n) is 2.34. The second kappa shape index (κ2) is 8.39. The molecule has 2 aromatic heterocycles. The Bertz CT molecular complexity index is 1180. The molecular formula is C18H17N5O4S2. The number of carbonyl (C=O) groups excluding carboxylic acids is 2. The van der Waals surface area contributed by atoms with Crippen LogP contribution in [0.5, 0.6) is 0 Å².